The van der Waals surface area contributed by atoms with E-state index in [1.165, 1.54) is 0 Å². The number of carbonyl (C=O) groups is 3. The Morgan fingerprint density at radius 3 is 2.28 bits per heavy atom. The Hall–Kier alpha value is -4.37. The molecule has 1 atom stereocenters. The van der Waals surface area contributed by atoms with Gasteiger partial charge in [-0.25, -0.2) is 4.79 Å². The molecule has 3 aromatic rings. The van der Waals surface area contributed by atoms with Crippen LogP contribution in [0.4, 0.5) is 21.9 Å². The van der Waals surface area contributed by atoms with Crippen LogP contribution in [0.5, 0.6) is 5.75 Å². The van der Waals surface area contributed by atoms with Crippen molar-refractivity contribution < 1.29 is 19.1 Å². The molecule has 206 valence electrons. The number of nitrogens with one attached hydrogen (secondary N) is 3. The van der Waals surface area contributed by atoms with Crippen molar-refractivity contribution >= 4 is 46.2 Å². The summed E-state index contributed by atoms with van der Waals surface area (Å²) in [5.41, 5.74) is 2.79. The molecule has 0 aliphatic rings. The van der Waals surface area contributed by atoms with Crippen molar-refractivity contribution in [1.82, 2.24) is 10.2 Å². The van der Waals surface area contributed by atoms with Crippen LogP contribution in [0, 0.1) is 0 Å². The van der Waals surface area contributed by atoms with Crippen LogP contribution in [0.1, 0.15) is 33.3 Å². The average Bonchev–Trinajstić information content (AvgIpc) is 2.91. The van der Waals surface area contributed by atoms with Crippen molar-refractivity contribution in [3.63, 3.8) is 0 Å². The highest BCUT2D eigenvalue weighted by atomic mass is 16.5. The molecule has 0 heterocycles. The minimum absolute atomic E-state index is 0.103. The Morgan fingerprint density at radius 2 is 1.69 bits per heavy atom. The molecule has 3 aromatic carbocycles. The van der Waals surface area contributed by atoms with Gasteiger partial charge in [0.05, 0.1) is 24.2 Å². The fourth-order valence-corrected chi connectivity index (χ4v) is 4.34. The molecule has 0 fully saturated rings. The van der Waals surface area contributed by atoms with Crippen LogP contribution >= 0.6 is 0 Å². The second kappa shape index (κ2) is 12.4. The predicted octanol–water partition coefficient (Wildman–Crippen LogP) is 5.29. The van der Waals surface area contributed by atoms with E-state index in [1.54, 1.807) is 36.2 Å². The summed E-state index contributed by atoms with van der Waals surface area (Å²) in [7, 11) is 3.35. The smallest absolute Gasteiger partial charge is 0.323 e. The number of hydrogen-bond acceptors (Lipinski definition) is 6. The van der Waals surface area contributed by atoms with E-state index >= 15 is 0 Å². The maximum atomic E-state index is 13.1. The molecule has 4 amide bonds. The number of methoxy groups -OCH3 is 1. The molecule has 0 bridgehead atoms. The van der Waals surface area contributed by atoms with Gasteiger partial charge in [-0.05, 0) is 55.0 Å². The lowest BCUT2D eigenvalue weighted by Gasteiger charge is -2.35. The summed E-state index contributed by atoms with van der Waals surface area (Å²) in [5.74, 6) is 0.0750. The van der Waals surface area contributed by atoms with Gasteiger partial charge >= 0.3 is 6.03 Å². The fourth-order valence-electron chi connectivity index (χ4n) is 4.34. The number of imide groups is 1. The van der Waals surface area contributed by atoms with Crippen LogP contribution in [-0.4, -0.2) is 50.1 Å². The second-order valence-electron chi connectivity index (χ2n) is 10.1. The number of fused-ring (bicyclic) bond motifs is 1. The number of rotatable bonds is 10. The lowest BCUT2D eigenvalue weighted by molar-refractivity contribution is -0.129. The Bertz CT molecular complexity index is 1370. The van der Waals surface area contributed by atoms with Gasteiger partial charge in [-0.2, -0.15) is 0 Å². The van der Waals surface area contributed by atoms with E-state index in [0.717, 1.165) is 16.3 Å². The van der Waals surface area contributed by atoms with Crippen LogP contribution in [0.25, 0.3) is 10.8 Å². The minimum atomic E-state index is -0.814. The highest BCUT2D eigenvalue weighted by molar-refractivity contribution is 6.10. The molecule has 0 saturated carbocycles. The SMILES string of the molecule is C=CN(c1ccc(NC(=O)Nc2cc(C(C)(C)C)ccc2OC)c2ccccc12)C(C(=O)NC=O)N(C)CC. The van der Waals surface area contributed by atoms with Crippen LogP contribution < -0.4 is 25.6 Å². The molecule has 1 unspecified atom stereocenters. The maximum Gasteiger partial charge on any atom is 0.323 e. The molecule has 3 N–H and O–H groups in total. The second-order valence-corrected chi connectivity index (χ2v) is 10.1. The number of benzene rings is 3. The molecule has 0 aliphatic carbocycles. The molecule has 0 saturated heterocycles. The maximum absolute atomic E-state index is 13.1. The lowest BCUT2D eigenvalue weighted by atomic mass is 9.87. The van der Waals surface area contributed by atoms with E-state index in [4.69, 9.17) is 4.74 Å². The van der Waals surface area contributed by atoms with Crippen LogP contribution in [0.3, 0.4) is 0 Å². The van der Waals surface area contributed by atoms with Gasteiger partial charge < -0.3 is 20.3 Å². The molecule has 0 aromatic heterocycles. The van der Waals surface area contributed by atoms with Crippen molar-refractivity contribution in [3.8, 4) is 5.75 Å². The number of ether oxygens (including phenoxy) is 1. The fraction of sp³-hybridized carbons (Fsp3) is 0.300. The standard InChI is InChI=1S/C30H37N5O4/c1-8-34(6)28(27(37)31-19-36)35(9-2)25-16-15-23(21-12-10-11-13-22(21)25)32-29(38)33-24-18-20(30(3,4)5)14-17-26(24)39-7/h9-19,28H,2,8H2,1,3-7H3,(H,31,36,37)(H2,32,33,38). The van der Waals surface area contributed by atoms with Gasteiger partial charge in [0.25, 0.3) is 5.91 Å². The van der Waals surface area contributed by atoms with Gasteiger partial charge in [0.1, 0.15) is 5.75 Å². The van der Waals surface area contributed by atoms with Gasteiger partial charge in [-0.15, -0.1) is 0 Å². The van der Waals surface area contributed by atoms with Crippen molar-refractivity contribution in [3.05, 3.63) is 72.9 Å². The lowest BCUT2D eigenvalue weighted by Crippen LogP contribution is -2.54. The van der Waals surface area contributed by atoms with Crippen LogP contribution in [-0.2, 0) is 15.0 Å². The predicted molar refractivity (Wildman–Crippen MR) is 157 cm³/mol. The first-order valence-electron chi connectivity index (χ1n) is 12.7. The Morgan fingerprint density at radius 1 is 1.03 bits per heavy atom. The molecule has 0 spiro atoms. The van der Waals surface area contributed by atoms with E-state index in [9.17, 15) is 14.4 Å². The molecule has 9 heteroatoms. The number of hydrogen-bond donors (Lipinski definition) is 3. The highest BCUT2D eigenvalue weighted by Crippen LogP contribution is 2.35. The normalized spacial score (nSPS) is 12.0. The zero-order valence-electron chi connectivity index (χ0n) is 23.4. The first-order valence-corrected chi connectivity index (χ1v) is 12.7. The quantitative estimate of drug-likeness (QED) is 0.243. The minimum Gasteiger partial charge on any atom is -0.495 e. The van der Waals surface area contributed by atoms with E-state index in [-0.39, 0.29) is 5.41 Å². The number of nitrogens with zero attached hydrogens (tertiary/aromatic N) is 2. The van der Waals surface area contributed by atoms with Crippen molar-refractivity contribution in [1.29, 1.82) is 0 Å². The van der Waals surface area contributed by atoms with E-state index in [2.05, 4.69) is 43.3 Å². The molecule has 0 radical (unpaired) electrons. The Labute approximate surface area is 229 Å². The van der Waals surface area contributed by atoms with Crippen molar-refractivity contribution in [2.24, 2.45) is 0 Å². The summed E-state index contributed by atoms with van der Waals surface area (Å²) in [4.78, 5) is 40.5. The number of carbonyl (C=O) groups excluding carboxylic acids is 3. The summed E-state index contributed by atoms with van der Waals surface area (Å²) >= 11 is 0. The Kier molecular flexibility index (Phi) is 9.32. The van der Waals surface area contributed by atoms with Gasteiger partial charge in [-0.1, -0.05) is 64.6 Å². The third-order valence-corrected chi connectivity index (χ3v) is 6.55. The molecular formula is C30H37N5O4. The Balaban J connectivity index is 1.98. The average molecular weight is 532 g/mol. The number of urea groups is 1. The zero-order chi connectivity index (χ0) is 28.7. The summed E-state index contributed by atoms with van der Waals surface area (Å²) in [6.45, 7) is 12.7. The van der Waals surface area contributed by atoms with Gasteiger partial charge in [0, 0.05) is 10.8 Å². The summed E-state index contributed by atoms with van der Waals surface area (Å²) in [6, 6.07) is 16.4. The third kappa shape index (κ3) is 6.56. The van der Waals surface area contributed by atoms with E-state index < -0.39 is 18.1 Å². The summed E-state index contributed by atoms with van der Waals surface area (Å²) < 4.78 is 5.46. The molecule has 0 aliphatic heterocycles. The summed E-state index contributed by atoms with van der Waals surface area (Å²) in [5, 5.41) is 9.66. The topological polar surface area (TPSA) is 103 Å². The number of amides is 4. The van der Waals surface area contributed by atoms with Crippen molar-refractivity contribution in [2.75, 3.05) is 36.2 Å². The van der Waals surface area contributed by atoms with Gasteiger partial charge in [0.15, 0.2) is 6.17 Å². The van der Waals surface area contributed by atoms with Crippen LogP contribution in [0.2, 0.25) is 0 Å². The molecule has 3 rings (SSSR count). The van der Waals surface area contributed by atoms with Crippen LogP contribution in [0.15, 0.2) is 67.4 Å². The third-order valence-electron chi connectivity index (χ3n) is 6.55. The first-order chi connectivity index (χ1) is 18.5. The zero-order valence-corrected chi connectivity index (χ0v) is 23.4. The van der Waals surface area contributed by atoms with Gasteiger partial charge in [-0.3, -0.25) is 19.8 Å². The number of anilines is 3. The van der Waals surface area contributed by atoms with E-state index in [0.29, 0.717) is 35.8 Å². The highest BCUT2D eigenvalue weighted by Gasteiger charge is 2.29. The number of likely N-dealkylation sites (N-methyl/N-ethyl adjacent to an activating group) is 1. The summed E-state index contributed by atoms with van der Waals surface area (Å²) in [6.07, 6.45) is 1.11. The molecule has 39 heavy (non-hydrogen) atoms. The van der Waals surface area contributed by atoms with E-state index in [1.807, 2.05) is 55.5 Å². The first kappa shape index (κ1) is 29.2. The monoisotopic (exact) mass is 531 g/mol. The molecule has 9 nitrogen and oxygen atoms in total. The molecular weight excluding hydrogens is 494 g/mol. The van der Waals surface area contributed by atoms with Crippen molar-refractivity contribution in [2.45, 2.75) is 39.3 Å². The van der Waals surface area contributed by atoms with Gasteiger partial charge in [0.2, 0.25) is 6.41 Å². The largest absolute Gasteiger partial charge is 0.495 e.